The summed E-state index contributed by atoms with van der Waals surface area (Å²) in [7, 11) is 0. The molecule has 0 aromatic rings. The Morgan fingerprint density at radius 2 is 2.50 bits per heavy atom. The quantitative estimate of drug-likeness (QED) is 0.394. The lowest BCUT2D eigenvalue weighted by Crippen LogP contribution is -1.94. The third-order valence-electron chi connectivity index (χ3n) is 1.14. The number of carboxylic acid groups (broad SMARTS) is 1. The third-order valence-corrected chi connectivity index (χ3v) is 1.14. The van der Waals surface area contributed by atoms with Gasteiger partial charge in [0.15, 0.2) is 6.40 Å². The number of isocyanates is 1. The Morgan fingerprint density at radius 1 is 1.79 bits per heavy atom. The molecule has 1 aliphatic heterocycles. The number of aliphatic carboxylic acids is 1. The molecule has 0 aliphatic carbocycles. The summed E-state index contributed by atoms with van der Waals surface area (Å²) in [4.78, 5) is 26.0. The van der Waals surface area contributed by atoms with Crippen molar-refractivity contribution in [2.75, 3.05) is 13.2 Å². The average Bonchev–Trinajstić information content (AvgIpc) is 2.71. The number of carbonyl (C=O) groups excluding carboxylic acids is 1. The van der Waals surface area contributed by atoms with Crippen molar-refractivity contribution >= 4 is 18.4 Å². The number of aliphatic imine (C=N–C) groups is 2. The van der Waals surface area contributed by atoms with Crippen LogP contribution in [0.1, 0.15) is 6.92 Å². The summed E-state index contributed by atoms with van der Waals surface area (Å²) in [5.41, 5.74) is 0.0124. The molecule has 76 valence electrons. The van der Waals surface area contributed by atoms with Gasteiger partial charge in [-0.15, -0.1) is 0 Å². The second-order valence-electron chi connectivity index (χ2n) is 2.22. The summed E-state index contributed by atoms with van der Waals surface area (Å²) in [5.74, 6) is -1.09. The first-order valence-corrected chi connectivity index (χ1v) is 3.75. The molecule has 6 nitrogen and oxygen atoms in total. The SMILES string of the molecule is C1=NCCO1.CC(=CN=C=O)C(=O)O. The first kappa shape index (κ1) is 12.1. The molecule has 0 spiro atoms. The largest absolute Gasteiger partial charge is 0.482 e. The molecule has 1 rings (SSSR count). The maximum absolute atomic E-state index is 9.95. The van der Waals surface area contributed by atoms with Gasteiger partial charge in [0, 0.05) is 0 Å². The standard InChI is InChI=1S/C5H5NO3.C3H5NO/c1-4(5(8)9)2-6-3-7;1-2-5-3-4-1/h2H,1H3,(H,8,9);3H,1-2H2. The van der Waals surface area contributed by atoms with Crippen molar-refractivity contribution in [3.8, 4) is 0 Å². The Labute approximate surface area is 80.6 Å². The number of carbonyl (C=O) groups is 1. The van der Waals surface area contributed by atoms with Crippen LogP contribution in [0.3, 0.4) is 0 Å². The van der Waals surface area contributed by atoms with Crippen LogP contribution in [0.25, 0.3) is 0 Å². The van der Waals surface area contributed by atoms with E-state index >= 15 is 0 Å². The second kappa shape index (κ2) is 7.70. The summed E-state index contributed by atoms with van der Waals surface area (Å²) < 4.78 is 4.65. The molecule has 14 heavy (non-hydrogen) atoms. The lowest BCUT2D eigenvalue weighted by atomic mass is 10.3. The van der Waals surface area contributed by atoms with Gasteiger partial charge in [-0.05, 0) is 6.92 Å². The van der Waals surface area contributed by atoms with E-state index in [4.69, 9.17) is 5.11 Å². The zero-order chi connectivity index (χ0) is 10.8. The van der Waals surface area contributed by atoms with E-state index in [2.05, 4.69) is 14.7 Å². The topological polar surface area (TPSA) is 88.3 Å². The molecule has 1 heterocycles. The number of ether oxygens (including phenoxy) is 1. The molecule has 0 fully saturated rings. The van der Waals surface area contributed by atoms with Crippen molar-refractivity contribution in [1.82, 2.24) is 0 Å². The van der Waals surface area contributed by atoms with Crippen LogP contribution in [0.4, 0.5) is 0 Å². The molecule has 1 aliphatic rings. The Bertz CT molecular complexity index is 284. The summed E-state index contributed by atoms with van der Waals surface area (Å²) in [6, 6.07) is 0. The molecule has 0 saturated carbocycles. The summed E-state index contributed by atoms with van der Waals surface area (Å²) in [6.45, 7) is 2.96. The van der Waals surface area contributed by atoms with Crippen LogP contribution in [0.5, 0.6) is 0 Å². The van der Waals surface area contributed by atoms with Gasteiger partial charge in [0.1, 0.15) is 6.61 Å². The minimum absolute atomic E-state index is 0.0124. The van der Waals surface area contributed by atoms with E-state index in [1.54, 1.807) is 0 Å². The highest BCUT2D eigenvalue weighted by Gasteiger charge is 1.95. The highest BCUT2D eigenvalue weighted by atomic mass is 16.5. The highest BCUT2D eigenvalue weighted by Crippen LogP contribution is 1.89. The zero-order valence-electron chi connectivity index (χ0n) is 7.64. The minimum Gasteiger partial charge on any atom is -0.482 e. The van der Waals surface area contributed by atoms with Gasteiger partial charge >= 0.3 is 5.97 Å². The first-order valence-electron chi connectivity index (χ1n) is 3.75. The number of nitrogens with zero attached hydrogens (tertiary/aromatic N) is 2. The molecule has 0 atom stereocenters. The normalized spacial score (nSPS) is 13.4. The summed E-state index contributed by atoms with van der Waals surface area (Å²) >= 11 is 0. The van der Waals surface area contributed by atoms with Crippen molar-refractivity contribution < 1.29 is 19.4 Å². The highest BCUT2D eigenvalue weighted by molar-refractivity contribution is 5.85. The maximum Gasteiger partial charge on any atom is 0.332 e. The van der Waals surface area contributed by atoms with Gasteiger partial charge in [-0.25, -0.2) is 9.59 Å². The monoisotopic (exact) mass is 198 g/mol. The van der Waals surface area contributed by atoms with Crippen molar-refractivity contribution in [2.24, 2.45) is 9.98 Å². The molecule has 0 aromatic carbocycles. The van der Waals surface area contributed by atoms with Gasteiger partial charge in [-0.1, -0.05) is 0 Å². The molecule has 1 N–H and O–H groups in total. The van der Waals surface area contributed by atoms with Crippen molar-refractivity contribution in [3.63, 3.8) is 0 Å². The number of carboxylic acids is 1. The fourth-order valence-electron chi connectivity index (χ4n) is 0.442. The Kier molecular flexibility index (Phi) is 6.63. The molecule has 6 heteroatoms. The molecule has 0 amide bonds. The van der Waals surface area contributed by atoms with Gasteiger partial charge in [0.05, 0.1) is 18.3 Å². The second-order valence-corrected chi connectivity index (χ2v) is 2.22. The van der Waals surface area contributed by atoms with E-state index in [0.717, 1.165) is 19.4 Å². The van der Waals surface area contributed by atoms with E-state index in [1.807, 2.05) is 0 Å². The van der Waals surface area contributed by atoms with Gasteiger partial charge in [0.2, 0.25) is 6.08 Å². The van der Waals surface area contributed by atoms with Crippen LogP contribution in [0, 0.1) is 0 Å². The molecule has 0 unspecified atom stereocenters. The lowest BCUT2D eigenvalue weighted by Gasteiger charge is -1.83. The van der Waals surface area contributed by atoms with E-state index in [-0.39, 0.29) is 5.57 Å². The molecule has 0 radical (unpaired) electrons. The van der Waals surface area contributed by atoms with E-state index in [1.165, 1.54) is 19.4 Å². The Balaban J connectivity index is 0.000000280. The minimum atomic E-state index is -1.09. The van der Waals surface area contributed by atoms with Crippen molar-refractivity contribution in [3.05, 3.63) is 11.8 Å². The third kappa shape index (κ3) is 6.75. The predicted molar refractivity (Wildman–Crippen MR) is 48.8 cm³/mol. The average molecular weight is 198 g/mol. The number of rotatable bonds is 2. The van der Waals surface area contributed by atoms with E-state index < -0.39 is 5.97 Å². The van der Waals surface area contributed by atoms with E-state index in [0.29, 0.717) is 0 Å². The van der Waals surface area contributed by atoms with Crippen LogP contribution in [-0.4, -0.2) is 36.7 Å². The summed E-state index contributed by atoms with van der Waals surface area (Å²) in [6.07, 6.45) is 3.61. The van der Waals surface area contributed by atoms with Crippen LogP contribution in [-0.2, 0) is 14.3 Å². The molecule has 0 aromatic heterocycles. The molecular formula is C8H10N2O4. The molecule has 0 saturated heterocycles. The lowest BCUT2D eigenvalue weighted by molar-refractivity contribution is -0.132. The molecular weight excluding hydrogens is 188 g/mol. The number of hydrogen-bond acceptors (Lipinski definition) is 5. The van der Waals surface area contributed by atoms with Crippen LogP contribution in [0.15, 0.2) is 21.8 Å². The van der Waals surface area contributed by atoms with Crippen LogP contribution in [0.2, 0.25) is 0 Å². The fraction of sp³-hybridized carbons (Fsp3) is 0.375. The number of hydrogen-bond donors (Lipinski definition) is 1. The first-order chi connectivity index (χ1) is 6.68. The Hall–Kier alpha value is -1.94. The summed E-state index contributed by atoms with van der Waals surface area (Å²) in [5, 5.41) is 8.15. The smallest absolute Gasteiger partial charge is 0.332 e. The fourth-order valence-corrected chi connectivity index (χ4v) is 0.442. The van der Waals surface area contributed by atoms with Gasteiger partial charge in [-0.3, -0.25) is 4.99 Å². The van der Waals surface area contributed by atoms with Crippen molar-refractivity contribution in [1.29, 1.82) is 0 Å². The van der Waals surface area contributed by atoms with Crippen molar-refractivity contribution in [2.45, 2.75) is 6.92 Å². The van der Waals surface area contributed by atoms with Crippen LogP contribution >= 0.6 is 0 Å². The van der Waals surface area contributed by atoms with Gasteiger partial charge < -0.3 is 9.84 Å². The van der Waals surface area contributed by atoms with Crippen LogP contribution < -0.4 is 0 Å². The Morgan fingerprint density at radius 3 is 2.79 bits per heavy atom. The van der Waals surface area contributed by atoms with Gasteiger partial charge in [-0.2, -0.15) is 4.99 Å². The van der Waals surface area contributed by atoms with E-state index in [9.17, 15) is 9.59 Å². The van der Waals surface area contributed by atoms with Gasteiger partial charge in [0.25, 0.3) is 0 Å². The predicted octanol–water partition coefficient (Wildman–Crippen LogP) is 0.355. The molecule has 0 bridgehead atoms. The maximum atomic E-state index is 9.95. The zero-order valence-corrected chi connectivity index (χ0v) is 7.64.